The summed E-state index contributed by atoms with van der Waals surface area (Å²) in [6.45, 7) is 1.78. The molecule has 2 N–H and O–H groups in total. The number of methoxy groups -OCH3 is 1. The summed E-state index contributed by atoms with van der Waals surface area (Å²) in [6.07, 6.45) is 0.386. The summed E-state index contributed by atoms with van der Waals surface area (Å²) < 4.78 is 6.09. The maximum Gasteiger partial charge on any atom is 0.267 e. The van der Waals surface area contributed by atoms with Gasteiger partial charge in [-0.3, -0.25) is 9.59 Å². The molecule has 0 atom stereocenters. The van der Waals surface area contributed by atoms with E-state index >= 15 is 0 Å². The summed E-state index contributed by atoms with van der Waals surface area (Å²) in [5.74, 6) is 0.325. The van der Waals surface area contributed by atoms with Gasteiger partial charge in [-0.25, -0.2) is 0 Å². The zero-order valence-electron chi connectivity index (χ0n) is 14.3. The predicted molar refractivity (Wildman–Crippen MR) is 107 cm³/mol. The van der Waals surface area contributed by atoms with Crippen molar-refractivity contribution in [2.24, 2.45) is 0 Å². The molecule has 1 heterocycles. The largest absolute Gasteiger partial charge is 0.497 e. The molecule has 0 aliphatic rings. The third kappa shape index (κ3) is 3.81. The molecule has 2 aromatic carbocycles. The van der Waals surface area contributed by atoms with E-state index in [0.29, 0.717) is 33.4 Å². The fraction of sp³-hybridized carbons (Fsp3) is 0.158. The number of carbonyl (C=O) groups excluding carboxylic acids is 2. The van der Waals surface area contributed by atoms with Gasteiger partial charge >= 0.3 is 0 Å². The Morgan fingerprint density at radius 2 is 1.85 bits per heavy atom. The van der Waals surface area contributed by atoms with Crippen LogP contribution in [0.2, 0.25) is 5.02 Å². The number of hydrogen-bond acceptors (Lipinski definition) is 4. The zero-order chi connectivity index (χ0) is 18.7. The molecule has 0 saturated heterocycles. The molecule has 5 nitrogen and oxygen atoms in total. The Bertz CT molecular complexity index is 984. The van der Waals surface area contributed by atoms with Crippen LogP contribution in [-0.2, 0) is 4.79 Å². The highest BCUT2D eigenvalue weighted by Gasteiger charge is 2.18. The maximum atomic E-state index is 12.6. The molecule has 0 spiro atoms. The van der Waals surface area contributed by atoms with Crippen LogP contribution in [0.3, 0.4) is 0 Å². The molecule has 0 fully saturated rings. The molecule has 0 unspecified atom stereocenters. The van der Waals surface area contributed by atoms with Gasteiger partial charge in [0.05, 0.1) is 12.1 Å². The Morgan fingerprint density at radius 1 is 1.12 bits per heavy atom. The molecular formula is C19H17ClN2O3S. The first-order valence-corrected chi connectivity index (χ1v) is 9.18. The zero-order valence-corrected chi connectivity index (χ0v) is 15.8. The number of nitrogens with one attached hydrogen (secondary N) is 2. The van der Waals surface area contributed by atoms with Gasteiger partial charge in [-0.15, -0.1) is 11.3 Å². The number of rotatable bonds is 5. The third-order valence-electron chi connectivity index (χ3n) is 3.77. The molecule has 1 aromatic heterocycles. The molecule has 3 rings (SSSR count). The van der Waals surface area contributed by atoms with Crippen molar-refractivity contribution in [3.05, 3.63) is 52.4 Å². The SMILES string of the molecule is CCC(=O)Nc1cccc(NC(=O)c2sc3cc(OC)ccc3c2Cl)c1. The van der Waals surface area contributed by atoms with E-state index in [-0.39, 0.29) is 11.8 Å². The Morgan fingerprint density at radius 3 is 2.54 bits per heavy atom. The van der Waals surface area contributed by atoms with E-state index in [1.807, 2.05) is 18.2 Å². The molecular weight excluding hydrogens is 372 g/mol. The Labute approximate surface area is 159 Å². The van der Waals surface area contributed by atoms with Crippen molar-refractivity contribution in [1.82, 2.24) is 0 Å². The van der Waals surface area contributed by atoms with Gasteiger partial charge in [0.2, 0.25) is 5.91 Å². The summed E-state index contributed by atoms with van der Waals surface area (Å²) in [5, 5.41) is 6.82. The number of ether oxygens (including phenoxy) is 1. The van der Waals surface area contributed by atoms with Crippen molar-refractivity contribution in [2.75, 3.05) is 17.7 Å². The highest BCUT2D eigenvalue weighted by atomic mass is 35.5. The molecule has 0 saturated carbocycles. The van der Waals surface area contributed by atoms with Gasteiger partial charge in [0.1, 0.15) is 10.6 Å². The van der Waals surface area contributed by atoms with Crippen LogP contribution in [0.5, 0.6) is 5.75 Å². The lowest BCUT2D eigenvalue weighted by atomic mass is 10.2. The average molecular weight is 389 g/mol. The van der Waals surface area contributed by atoms with Gasteiger partial charge in [-0.1, -0.05) is 24.6 Å². The minimum absolute atomic E-state index is 0.0880. The minimum Gasteiger partial charge on any atom is -0.497 e. The highest BCUT2D eigenvalue weighted by molar-refractivity contribution is 7.21. The lowest BCUT2D eigenvalue weighted by Crippen LogP contribution is -2.12. The molecule has 26 heavy (non-hydrogen) atoms. The van der Waals surface area contributed by atoms with Gasteiger partial charge < -0.3 is 15.4 Å². The lowest BCUT2D eigenvalue weighted by molar-refractivity contribution is -0.115. The van der Waals surface area contributed by atoms with E-state index in [0.717, 1.165) is 10.1 Å². The van der Waals surface area contributed by atoms with Crippen LogP contribution in [0, 0.1) is 0 Å². The number of carbonyl (C=O) groups is 2. The summed E-state index contributed by atoms with van der Waals surface area (Å²) in [4.78, 5) is 24.6. The molecule has 7 heteroatoms. The fourth-order valence-corrected chi connectivity index (χ4v) is 3.87. The van der Waals surface area contributed by atoms with Crippen molar-refractivity contribution >= 4 is 56.2 Å². The molecule has 3 aromatic rings. The monoisotopic (exact) mass is 388 g/mol. The van der Waals surface area contributed by atoms with Crippen molar-refractivity contribution in [1.29, 1.82) is 0 Å². The van der Waals surface area contributed by atoms with Crippen molar-refractivity contribution in [3.8, 4) is 5.75 Å². The second-order valence-electron chi connectivity index (χ2n) is 5.54. The van der Waals surface area contributed by atoms with Gasteiger partial charge in [0.25, 0.3) is 5.91 Å². The van der Waals surface area contributed by atoms with E-state index in [2.05, 4.69) is 10.6 Å². The lowest BCUT2D eigenvalue weighted by Gasteiger charge is -2.08. The van der Waals surface area contributed by atoms with Crippen molar-refractivity contribution in [3.63, 3.8) is 0 Å². The quantitative estimate of drug-likeness (QED) is 0.634. The highest BCUT2D eigenvalue weighted by Crippen LogP contribution is 2.37. The topological polar surface area (TPSA) is 67.4 Å². The first kappa shape index (κ1) is 18.2. The molecule has 0 aliphatic carbocycles. The predicted octanol–water partition coefficient (Wildman–Crippen LogP) is 5.16. The minimum atomic E-state index is -0.297. The summed E-state index contributed by atoms with van der Waals surface area (Å²) in [6, 6.07) is 12.5. The maximum absolute atomic E-state index is 12.6. The van der Waals surface area contributed by atoms with Crippen LogP contribution in [-0.4, -0.2) is 18.9 Å². The Balaban J connectivity index is 1.84. The third-order valence-corrected chi connectivity index (χ3v) is 5.42. The van der Waals surface area contributed by atoms with Crippen LogP contribution in [0.15, 0.2) is 42.5 Å². The standard InChI is InChI=1S/C19H17ClN2O3S/c1-3-16(23)21-11-5-4-6-12(9-11)22-19(24)18-17(20)14-8-7-13(25-2)10-15(14)26-18/h4-10H,3H2,1-2H3,(H,21,23)(H,22,24). The van der Waals surface area contributed by atoms with E-state index in [4.69, 9.17) is 16.3 Å². The average Bonchev–Trinajstić information content (AvgIpc) is 2.98. The van der Waals surface area contributed by atoms with Gasteiger partial charge in [0.15, 0.2) is 0 Å². The molecule has 2 amide bonds. The van der Waals surface area contributed by atoms with E-state index in [1.54, 1.807) is 38.3 Å². The number of fused-ring (bicyclic) bond motifs is 1. The van der Waals surface area contributed by atoms with E-state index in [9.17, 15) is 9.59 Å². The Kier molecular flexibility index (Phi) is 5.44. The van der Waals surface area contributed by atoms with E-state index in [1.165, 1.54) is 11.3 Å². The molecule has 0 radical (unpaired) electrons. The van der Waals surface area contributed by atoms with Gasteiger partial charge in [0, 0.05) is 27.9 Å². The van der Waals surface area contributed by atoms with Gasteiger partial charge in [-0.05, 0) is 36.4 Å². The van der Waals surface area contributed by atoms with Crippen LogP contribution in [0.4, 0.5) is 11.4 Å². The second kappa shape index (κ2) is 7.76. The smallest absolute Gasteiger partial charge is 0.267 e. The number of hydrogen-bond donors (Lipinski definition) is 2. The number of benzene rings is 2. The van der Waals surface area contributed by atoms with Gasteiger partial charge in [-0.2, -0.15) is 0 Å². The fourth-order valence-electron chi connectivity index (χ4n) is 2.43. The van der Waals surface area contributed by atoms with Crippen molar-refractivity contribution < 1.29 is 14.3 Å². The Hall–Kier alpha value is -2.57. The van der Waals surface area contributed by atoms with Crippen LogP contribution in [0.1, 0.15) is 23.0 Å². The summed E-state index contributed by atoms with van der Waals surface area (Å²) in [7, 11) is 1.59. The summed E-state index contributed by atoms with van der Waals surface area (Å²) >= 11 is 7.69. The van der Waals surface area contributed by atoms with Crippen LogP contribution < -0.4 is 15.4 Å². The normalized spacial score (nSPS) is 10.6. The number of amides is 2. The summed E-state index contributed by atoms with van der Waals surface area (Å²) in [5.41, 5.74) is 1.21. The molecule has 0 aliphatic heterocycles. The number of anilines is 2. The van der Waals surface area contributed by atoms with Crippen molar-refractivity contribution in [2.45, 2.75) is 13.3 Å². The first-order chi connectivity index (χ1) is 12.5. The van der Waals surface area contributed by atoms with Crippen LogP contribution in [0.25, 0.3) is 10.1 Å². The number of thiophene rings is 1. The van der Waals surface area contributed by atoms with Crippen LogP contribution >= 0.6 is 22.9 Å². The second-order valence-corrected chi connectivity index (χ2v) is 6.97. The molecule has 0 bridgehead atoms. The van der Waals surface area contributed by atoms with E-state index < -0.39 is 0 Å². The number of halogens is 1. The first-order valence-electron chi connectivity index (χ1n) is 7.99. The molecule has 134 valence electrons.